The number of hydrogen-bond donors (Lipinski definition) is 9. The van der Waals surface area contributed by atoms with Crippen molar-refractivity contribution in [3.8, 4) is 0 Å². The monoisotopic (exact) mass is 545 g/mol. The third kappa shape index (κ3) is 7.34. The minimum Gasteiger partial charge on any atom is -0.480 e. The third-order valence-electron chi connectivity index (χ3n) is 5.92. The van der Waals surface area contributed by atoms with E-state index in [0.717, 1.165) is 10.9 Å². The van der Waals surface area contributed by atoms with Gasteiger partial charge >= 0.3 is 5.97 Å². The second-order valence-electron chi connectivity index (χ2n) is 8.82. The number of fused-ring (bicyclic) bond motifs is 1. The standard InChI is InChI=1S/C24H31N7O6S/c1-12(32)20(31-21(33)16(25)7-14-9-26-11-28-14)23(35)29-18(22(34)30-19(10-38)24(36)37)6-13-8-27-17-5-3-2-4-15(13)17/h2-5,8-9,11-12,16,18-20,27,32,38H,6-7,10,25H2,1H3,(H,26,28)(H,29,35)(H,30,34)(H,31,33)(H,36,37). The molecule has 3 aromatic rings. The fourth-order valence-corrected chi connectivity index (χ4v) is 4.09. The molecule has 5 atom stereocenters. The number of benzene rings is 1. The van der Waals surface area contributed by atoms with Crippen molar-refractivity contribution in [1.29, 1.82) is 0 Å². The number of carboxylic acids is 1. The van der Waals surface area contributed by atoms with Crippen LogP contribution in [0.3, 0.4) is 0 Å². The average molecular weight is 546 g/mol. The summed E-state index contributed by atoms with van der Waals surface area (Å²) in [7, 11) is 0. The van der Waals surface area contributed by atoms with Crippen LogP contribution in [0.1, 0.15) is 18.2 Å². The van der Waals surface area contributed by atoms with Gasteiger partial charge in [-0.1, -0.05) is 18.2 Å². The van der Waals surface area contributed by atoms with Crippen molar-refractivity contribution in [2.24, 2.45) is 5.73 Å². The first-order valence-corrected chi connectivity index (χ1v) is 12.4. The summed E-state index contributed by atoms with van der Waals surface area (Å²) in [6.45, 7) is 1.31. The van der Waals surface area contributed by atoms with Gasteiger partial charge in [-0.05, 0) is 18.6 Å². The van der Waals surface area contributed by atoms with E-state index >= 15 is 0 Å². The Morgan fingerprint density at radius 2 is 1.74 bits per heavy atom. The lowest BCUT2D eigenvalue weighted by atomic mass is 10.0. The van der Waals surface area contributed by atoms with Crippen LogP contribution in [-0.2, 0) is 32.0 Å². The third-order valence-corrected chi connectivity index (χ3v) is 6.29. The normalized spacial score (nSPS) is 15.2. The highest BCUT2D eigenvalue weighted by Gasteiger charge is 2.32. The van der Waals surface area contributed by atoms with E-state index in [2.05, 4.69) is 43.5 Å². The lowest BCUT2D eigenvalue weighted by Gasteiger charge is -2.26. The molecule has 0 bridgehead atoms. The number of thiol groups is 1. The van der Waals surface area contributed by atoms with E-state index in [-0.39, 0.29) is 18.6 Å². The number of carboxylic acid groups (broad SMARTS) is 1. The lowest BCUT2D eigenvalue weighted by molar-refractivity contribution is -0.141. The fraction of sp³-hybridized carbons (Fsp3) is 0.375. The van der Waals surface area contributed by atoms with E-state index in [1.54, 1.807) is 6.20 Å². The van der Waals surface area contributed by atoms with Gasteiger partial charge in [0.25, 0.3) is 0 Å². The van der Waals surface area contributed by atoms with Crippen molar-refractivity contribution in [2.45, 2.75) is 50.0 Å². The Hall–Kier alpha value is -3.88. The van der Waals surface area contributed by atoms with E-state index < -0.39 is 54.0 Å². The number of amides is 3. The second kappa shape index (κ2) is 13.1. The van der Waals surface area contributed by atoms with Gasteiger partial charge in [-0.3, -0.25) is 14.4 Å². The van der Waals surface area contributed by atoms with Crippen molar-refractivity contribution < 1.29 is 29.4 Å². The summed E-state index contributed by atoms with van der Waals surface area (Å²) in [6.07, 6.45) is 3.42. The summed E-state index contributed by atoms with van der Waals surface area (Å²) in [5, 5.41) is 27.7. The van der Waals surface area contributed by atoms with Crippen LogP contribution < -0.4 is 21.7 Å². The van der Waals surface area contributed by atoms with Crippen LogP contribution in [0.25, 0.3) is 10.9 Å². The summed E-state index contributed by atoms with van der Waals surface area (Å²) in [4.78, 5) is 60.2. The SMILES string of the molecule is CC(O)C(NC(=O)C(N)Cc1cnc[nH]1)C(=O)NC(Cc1c[nH]c2ccccc12)C(=O)NC(CS)C(=O)O. The molecule has 0 saturated carbocycles. The molecule has 204 valence electrons. The number of carbonyl (C=O) groups is 4. The smallest absolute Gasteiger partial charge is 0.327 e. The van der Waals surface area contributed by atoms with Crippen molar-refractivity contribution in [3.63, 3.8) is 0 Å². The Kier molecular flexibility index (Phi) is 9.87. The minimum atomic E-state index is -1.44. The van der Waals surface area contributed by atoms with Gasteiger partial charge in [0.2, 0.25) is 17.7 Å². The van der Waals surface area contributed by atoms with Gasteiger partial charge in [0.05, 0.1) is 18.5 Å². The molecule has 2 heterocycles. The molecule has 0 spiro atoms. The zero-order valence-corrected chi connectivity index (χ0v) is 21.4. The Bertz CT molecular complexity index is 1260. The van der Waals surface area contributed by atoms with Crippen LogP contribution in [0, 0.1) is 0 Å². The number of carbonyl (C=O) groups excluding carboxylic acids is 3. The number of aromatic nitrogens is 3. The summed E-state index contributed by atoms with van der Waals surface area (Å²) in [5.74, 6) is -3.77. The zero-order valence-electron chi connectivity index (χ0n) is 20.5. The highest BCUT2D eigenvalue weighted by molar-refractivity contribution is 7.80. The maximum atomic E-state index is 13.2. The first kappa shape index (κ1) is 28.7. The molecule has 0 aliphatic rings. The fourth-order valence-electron chi connectivity index (χ4n) is 3.84. The van der Waals surface area contributed by atoms with Crippen LogP contribution >= 0.6 is 12.6 Å². The van der Waals surface area contributed by atoms with Crippen molar-refractivity contribution in [2.75, 3.05) is 5.75 Å². The molecule has 2 aromatic heterocycles. The number of aromatic amines is 2. The number of nitrogens with zero attached hydrogens (tertiary/aromatic N) is 1. The maximum Gasteiger partial charge on any atom is 0.327 e. The summed E-state index contributed by atoms with van der Waals surface area (Å²) in [5.41, 5.74) is 8.06. The molecular formula is C24H31N7O6S. The van der Waals surface area contributed by atoms with Crippen molar-refractivity contribution >= 4 is 47.2 Å². The molecule has 3 amide bonds. The summed E-state index contributed by atoms with van der Waals surface area (Å²) >= 11 is 3.97. The van der Waals surface area contributed by atoms with Gasteiger partial charge in [0.1, 0.15) is 18.1 Å². The zero-order chi connectivity index (χ0) is 27.8. The predicted octanol–water partition coefficient (Wildman–Crippen LogP) is -1.15. The first-order valence-electron chi connectivity index (χ1n) is 11.8. The average Bonchev–Trinajstić information content (AvgIpc) is 3.54. The lowest BCUT2D eigenvalue weighted by Crippen LogP contribution is -2.60. The maximum absolute atomic E-state index is 13.2. The number of H-pyrrole nitrogens is 2. The quantitative estimate of drug-likeness (QED) is 0.119. The summed E-state index contributed by atoms with van der Waals surface area (Å²) in [6, 6.07) is 2.34. The van der Waals surface area contributed by atoms with Gasteiger partial charge < -0.3 is 41.9 Å². The molecule has 3 rings (SSSR count). The molecule has 0 fully saturated rings. The number of aliphatic hydroxyl groups excluding tert-OH is 1. The summed E-state index contributed by atoms with van der Waals surface area (Å²) < 4.78 is 0. The Morgan fingerprint density at radius 1 is 1.03 bits per heavy atom. The molecule has 5 unspecified atom stereocenters. The molecule has 13 nitrogen and oxygen atoms in total. The highest BCUT2D eigenvalue weighted by Crippen LogP contribution is 2.19. The van der Waals surface area contributed by atoms with E-state index in [0.29, 0.717) is 11.3 Å². The van der Waals surface area contributed by atoms with Crippen LogP contribution in [0.15, 0.2) is 43.0 Å². The molecule has 0 saturated heterocycles. The Morgan fingerprint density at radius 3 is 2.37 bits per heavy atom. The van der Waals surface area contributed by atoms with Crippen LogP contribution in [0.4, 0.5) is 0 Å². The largest absolute Gasteiger partial charge is 0.480 e. The molecule has 0 radical (unpaired) electrons. The number of nitrogens with one attached hydrogen (secondary N) is 5. The molecule has 1 aromatic carbocycles. The van der Waals surface area contributed by atoms with Crippen LogP contribution in [-0.4, -0.2) is 84.9 Å². The predicted molar refractivity (Wildman–Crippen MR) is 141 cm³/mol. The molecular weight excluding hydrogens is 514 g/mol. The second-order valence-corrected chi connectivity index (χ2v) is 9.19. The molecule has 0 aliphatic heterocycles. The number of para-hydroxylation sites is 1. The van der Waals surface area contributed by atoms with E-state index in [1.807, 2.05) is 24.3 Å². The van der Waals surface area contributed by atoms with E-state index in [9.17, 15) is 29.4 Å². The number of nitrogens with two attached hydrogens (primary N) is 1. The Labute approximate surface area is 223 Å². The van der Waals surface area contributed by atoms with Crippen molar-refractivity contribution in [3.05, 3.63) is 54.2 Å². The number of imidazole rings is 1. The molecule has 9 N–H and O–H groups in total. The van der Waals surface area contributed by atoms with Crippen molar-refractivity contribution in [1.82, 2.24) is 30.9 Å². The number of aliphatic hydroxyl groups is 1. The molecule has 14 heteroatoms. The minimum absolute atomic E-state index is 0.000309. The van der Waals surface area contributed by atoms with Gasteiger partial charge in [0, 0.05) is 47.6 Å². The van der Waals surface area contributed by atoms with Gasteiger partial charge in [-0.25, -0.2) is 9.78 Å². The number of aliphatic carboxylic acids is 1. The highest BCUT2D eigenvalue weighted by atomic mass is 32.1. The Balaban J connectivity index is 1.78. The van der Waals surface area contributed by atoms with E-state index in [4.69, 9.17) is 5.73 Å². The van der Waals surface area contributed by atoms with Crippen LogP contribution in [0.5, 0.6) is 0 Å². The first-order chi connectivity index (χ1) is 18.1. The topological polar surface area (TPSA) is 215 Å². The molecule has 0 aliphatic carbocycles. The van der Waals surface area contributed by atoms with Crippen LogP contribution in [0.2, 0.25) is 0 Å². The number of rotatable bonds is 13. The van der Waals surface area contributed by atoms with Gasteiger partial charge in [-0.15, -0.1) is 0 Å². The van der Waals surface area contributed by atoms with Gasteiger partial charge in [-0.2, -0.15) is 12.6 Å². The molecule has 38 heavy (non-hydrogen) atoms. The van der Waals surface area contributed by atoms with Gasteiger partial charge in [0.15, 0.2) is 0 Å². The van der Waals surface area contributed by atoms with E-state index in [1.165, 1.54) is 19.4 Å². The number of hydrogen-bond acceptors (Lipinski definition) is 8.